The van der Waals surface area contributed by atoms with Gasteiger partial charge in [-0.1, -0.05) is 80.9 Å². The Morgan fingerprint density at radius 3 is 1.43 bits per heavy atom. The van der Waals surface area contributed by atoms with Crippen molar-refractivity contribution < 1.29 is 48.3 Å². The number of imidazole rings is 1. The van der Waals surface area contributed by atoms with Crippen molar-refractivity contribution in [1.82, 2.24) is 31.2 Å². The van der Waals surface area contributed by atoms with Crippen LogP contribution in [0.1, 0.15) is 163 Å². The predicted molar refractivity (Wildman–Crippen MR) is 340 cm³/mol. The fourth-order valence-electron chi connectivity index (χ4n) is 10.5. The maximum atomic E-state index is 14.9. The standard InChI is InChI=1S/C62H104N16O10/c1-10-38(9)46(55(63)84)32-53(83)54(37(7)8)78-59(88)42(25-35(3)4)30-52(82)49(26-36(5)6)77-57(86)41(15-12-22-71-60(64)65)29-50(80)47(16-13-23-72-61(66)67)76-58(87)43(28-44-33-70-34-74-44)31-51(81)48(17-14-24-73-62(68)69)75-56(85)40(11-2)27-39-18-20-45(79)21-19-39/h18-21,33-38,40-43,46-49,54,79H,10-17,22-32H2,1-9H3,(H2,63,84)(H,70,74)(H,75,85)(H,76,87)(H,77,86)(H,78,88)(H4,64,65,71)(H4,66,67,72)(H4,68,69,73)/t38-,40-,41+,42+,43+,46-,47-,48-,49-,54-/m0/s1. The highest BCUT2D eigenvalue weighted by atomic mass is 16.3. The van der Waals surface area contributed by atoms with E-state index in [0.717, 1.165) is 5.56 Å². The maximum absolute atomic E-state index is 14.9. The molecular weight excluding hydrogens is 1130 g/mol. The number of carbonyl (C=O) groups is 9. The zero-order valence-electron chi connectivity index (χ0n) is 53.4. The quantitative estimate of drug-likeness (QED) is 0.0257. The number of hydrogen-bond acceptors (Lipinski definition) is 14. The topological polar surface area (TPSA) is 470 Å². The summed E-state index contributed by atoms with van der Waals surface area (Å²) in [5.41, 5.74) is 40.7. The van der Waals surface area contributed by atoms with E-state index in [0.29, 0.717) is 31.4 Å². The average Bonchev–Trinajstić information content (AvgIpc) is 4.06. The Kier molecular flexibility index (Phi) is 34.4. The maximum Gasteiger partial charge on any atom is 0.224 e. The number of primary amides is 1. The number of rotatable bonds is 45. The van der Waals surface area contributed by atoms with Crippen LogP contribution in [0, 0.1) is 53.3 Å². The van der Waals surface area contributed by atoms with Crippen LogP contribution in [0.5, 0.6) is 5.75 Å². The molecule has 1 aromatic carbocycles. The van der Waals surface area contributed by atoms with Gasteiger partial charge in [0, 0.05) is 87.3 Å². The number of aromatic amines is 1. The molecule has 0 saturated heterocycles. The number of ketones is 4. The minimum atomic E-state index is -1.25. The number of hydrogen-bond donors (Lipinski definition) is 13. The van der Waals surface area contributed by atoms with Crippen LogP contribution >= 0.6 is 0 Å². The molecule has 0 aliphatic carbocycles. The van der Waals surface area contributed by atoms with Crippen molar-refractivity contribution in [3.63, 3.8) is 0 Å². The second-order valence-electron chi connectivity index (χ2n) is 24.4. The number of nitrogens with zero attached hydrogens (tertiary/aromatic N) is 4. The van der Waals surface area contributed by atoms with Gasteiger partial charge in [-0.25, -0.2) is 4.98 Å². The van der Waals surface area contributed by atoms with E-state index in [1.807, 2.05) is 48.5 Å². The minimum absolute atomic E-state index is 0.00204. The van der Waals surface area contributed by atoms with Crippen LogP contribution in [-0.4, -0.2) is 129 Å². The number of aromatic hydroxyl groups is 1. The van der Waals surface area contributed by atoms with E-state index in [1.54, 1.807) is 26.0 Å². The first kappa shape index (κ1) is 76.2. The number of phenols is 1. The monoisotopic (exact) mass is 1230 g/mol. The molecule has 0 unspecified atom stereocenters. The van der Waals surface area contributed by atoms with E-state index in [9.17, 15) is 48.3 Å². The lowest BCUT2D eigenvalue weighted by molar-refractivity contribution is -0.136. The van der Waals surface area contributed by atoms with E-state index >= 15 is 0 Å². The van der Waals surface area contributed by atoms with E-state index in [4.69, 9.17) is 40.1 Å². The number of aliphatic imine (C=N–C) groups is 3. The van der Waals surface area contributed by atoms with Crippen LogP contribution in [0.4, 0.5) is 0 Å². The minimum Gasteiger partial charge on any atom is -0.508 e. The van der Waals surface area contributed by atoms with Crippen LogP contribution < -0.4 is 61.4 Å². The Labute approximate surface area is 519 Å². The molecule has 0 spiro atoms. The van der Waals surface area contributed by atoms with Crippen molar-refractivity contribution >= 4 is 70.5 Å². The molecule has 10 atom stereocenters. The van der Waals surface area contributed by atoms with Gasteiger partial charge < -0.3 is 71.5 Å². The Morgan fingerprint density at radius 2 is 0.977 bits per heavy atom. The molecule has 0 fully saturated rings. The van der Waals surface area contributed by atoms with Gasteiger partial charge in [-0.3, -0.25) is 58.1 Å². The fraction of sp³-hybridized carbons (Fsp3) is 0.661. The third kappa shape index (κ3) is 29.2. The van der Waals surface area contributed by atoms with Crippen molar-refractivity contribution in [2.24, 2.45) is 108 Å². The summed E-state index contributed by atoms with van der Waals surface area (Å²) in [5.74, 6) is -10.3. The Hall–Kier alpha value is -7.93. The van der Waals surface area contributed by atoms with Gasteiger partial charge in [0.15, 0.2) is 41.0 Å². The molecule has 26 heteroatoms. The number of benzene rings is 1. The molecule has 2 aromatic rings. The Morgan fingerprint density at radius 1 is 0.523 bits per heavy atom. The first-order valence-corrected chi connectivity index (χ1v) is 31.0. The molecule has 20 N–H and O–H groups in total. The number of carbonyl (C=O) groups excluding carboxylic acids is 9. The molecule has 0 bridgehead atoms. The SMILES string of the molecule is CC[C@@H](Cc1ccc(O)cc1)C(=O)N[C@@H](CCCN=C(N)N)C(=O)C[C@@H](Cc1cnc[nH]1)C(=O)N[C@@H](CCCN=C(N)N)C(=O)C[C@@H](CCCN=C(N)N)C(=O)N[C@@H](CC(C)C)C(=O)C[C@@H](CC(C)C)C(=O)N[C@H](C(=O)C[C@H](C(N)=O)[C@@H](C)CC)C(C)C. The van der Waals surface area contributed by atoms with Crippen LogP contribution in [0.3, 0.4) is 0 Å². The van der Waals surface area contributed by atoms with Gasteiger partial charge in [-0.2, -0.15) is 0 Å². The summed E-state index contributed by atoms with van der Waals surface area (Å²) in [6.45, 7) is 17.0. The summed E-state index contributed by atoms with van der Waals surface area (Å²) < 4.78 is 0. The highest BCUT2D eigenvalue weighted by Crippen LogP contribution is 2.26. The third-order valence-electron chi connectivity index (χ3n) is 15.7. The summed E-state index contributed by atoms with van der Waals surface area (Å²) in [6, 6.07) is 2.06. The van der Waals surface area contributed by atoms with Gasteiger partial charge in [-0.05, 0) is 106 Å². The number of Topliss-reactive ketones (excluding diaryl/α,β-unsaturated/α-hetero) is 4. The smallest absolute Gasteiger partial charge is 0.224 e. The first-order valence-electron chi connectivity index (χ1n) is 31.0. The van der Waals surface area contributed by atoms with E-state index < -0.39 is 113 Å². The Bertz CT molecular complexity index is 2630. The number of H-pyrrole nitrogens is 1. The molecular formula is C62H104N16O10. The molecule has 0 aliphatic heterocycles. The van der Waals surface area contributed by atoms with Gasteiger partial charge in [0.1, 0.15) is 5.75 Å². The fourth-order valence-corrected chi connectivity index (χ4v) is 10.5. The molecule has 26 nitrogen and oxygen atoms in total. The van der Waals surface area contributed by atoms with Crippen molar-refractivity contribution in [1.29, 1.82) is 0 Å². The third-order valence-corrected chi connectivity index (χ3v) is 15.7. The van der Waals surface area contributed by atoms with Gasteiger partial charge in [0.25, 0.3) is 0 Å². The Balaban J connectivity index is 2.59. The lowest BCUT2D eigenvalue weighted by Gasteiger charge is -2.28. The molecule has 1 aromatic heterocycles. The van der Waals surface area contributed by atoms with Crippen LogP contribution in [0.15, 0.2) is 51.8 Å². The number of amides is 5. The largest absolute Gasteiger partial charge is 0.508 e. The second-order valence-corrected chi connectivity index (χ2v) is 24.4. The molecule has 2 rings (SSSR count). The van der Waals surface area contributed by atoms with Crippen molar-refractivity contribution in [3.8, 4) is 5.75 Å². The zero-order valence-corrected chi connectivity index (χ0v) is 53.4. The lowest BCUT2D eigenvalue weighted by Crippen LogP contribution is -2.50. The molecule has 492 valence electrons. The van der Waals surface area contributed by atoms with Crippen LogP contribution in [0.2, 0.25) is 0 Å². The molecule has 0 saturated carbocycles. The second kappa shape index (κ2) is 39.8. The highest BCUT2D eigenvalue weighted by molar-refractivity contribution is 5.98. The van der Waals surface area contributed by atoms with Crippen molar-refractivity contribution in [2.75, 3.05) is 19.6 Å². The number of phenolic OH excluding ortho intramolecular Hbond substituents is 1. The number of guanidine groups is 3. The van der Waals surface area contributed by atoms with E-state index in [-0.39, 0.29) is 137 Å². The molecule has 0 aliphatic rings. The average molecular weight is 1230 g/mol. The van der Waals surface area contributed by atoms with Crippen molar-refractivity contribution in [2.45, 2.75) is 189 Å². The van der Waals surface area contributed by atoms with Gasteiger partial charge >= 0.3 is 0 Å². The van der Waals surface area contributed by atoms with Gasteiger partial charge in [0.2, 0.25) is 29.5 Å². The predicted octanol–water partition coefficient (Wildman–Crippen LogP) is 2.61. The summed E-state index contributed by atoms with van der Waals surface area (Å²) in [6.07, 6.45) is 4.29. The van der Waals surface area contributed by atoms with Gasteiger partial charge in [0.05, 0.1) is 36.4 Å². The van der Waals surface area contributed by atoms with Crippen LogP contribution in [-0.2, 0) is 56.0 Å². The lowest BCUT2D eigenvalue weighted by atomic mass is 9.83. The molecule has 5 amide bonds. The zero-order chi connectivity index (χ0) is 66.2. The van der Waals surface area contributed by atoms with E-state index in [2.05, 4.69) is 46.2 Å². The number of nitrogens with one attached hydrogen (secondary N) is 5. The summed E-state index contributed by atoms with van der Waals surface area (Å²) >= 11 is 0. The summed E-state index contributed by atoms with van der Waals surface area (Å²) in [7, 11) is 0. The number of nitrogens with two attached hydrogens (primary N) is 7. The summed E-state index contributed by atoms with van der Waals surface area (Å²) in [5, 5.41) is 21.4. The molecule has 1 heterocycles. The normalized spacial score (nSPS) is 14.8. The highest BCUT2D eigenvalue weighted by Gasteiger charge is 2.37. The molecule has 88 heavy (non-hydrogen) atoms. The first-order chi connectivity index (χ1) is 41.5. The van der Waals surface area contributed by atoms with Crippen LogP contribution in [0.25, 0.3) is 0 Å². The van der Waals surface area contributed by atoms with Gasteiger partial charge in [-0.15, -0.1) is 0 Å². The van der Waals surface area contributed by atoms with Crippen molar-refractivity contribution in [3.05, 3.63) is 48.0 Å². The summed E-state index contributed by atoms with van der Waals surface area (Å²) in [4.78, 5) is 147. The molecule has 0 radical (unpaired) electrons. The van der Waals surface area contributed by atoms with E-state index in [1.165, 1.54) is 24.7 Å². The number of aromatic nitrogens is 2.